The van der Waals surface area contributed by atoms with Gasteiger partial charge in [0.15, 0.2) is 11.9 Å². The highest BCUT2D eigenvalue weighted by Crippen LogP contribution is 2.36. The van der Waals surface area contributed by atoms with Crippen molar-refractivity contribution in [3.05, 3.63) is 42.2 Å². The molecule has 0 aromatic carbocycles. The Labute approximate surface area is 164 Å². The SMILES string of the molecule is Cc1nc(C)c(C(=O)O[C@H](C)c2nc3sc4c(c3c(=O)[nH]2)CC[C@@H](C)C4)s1. The van der Waals surface area contributed by atoms with Gasteiger partial charge in [0.25, 0.3) is 5.56 Å². The maximum Gasteiger partial charge on any atom is 0.350 e. The number of nitrogens with one attached hydrogen (secondary N) is 1. The van der Waals surface area contributed by atoms with Gasteiger partial charge in [-0.2, -0.15) is 0 Å². The number of hydrogen-bond donors (Lipinski definition) is 1. The maximum atomic E-state index is 12.7. The molecule has 0 aliphatic heterocycles. The number of rotatable bonds is 3. The predicted octanol–water partition coefficient (Wildman–Crippen LogP) is 4.10. The van der Waals surface area contributed by atoms with Crippen LogP contribution in [0.1, 0.15) is 63.0 Å². The number of aromatic nitrogens is 3. The Hall–Kier alpha value is -2.06. The molecular formula is C19H21N3O3S2. The largest absolute Gasteiger partial charge is 0.450 e. The smallest absolute Gasteiger partial charge is 0.350 e. The van der Waals surface area contributed by atoms with Crippen molar-refractivity contribution in [2.24, 2.45) is 5.92 Å². The van der Waals surface area contributed by atoms with Gasteiger partial charge in [0.2, 0.25) is 0 Å². The summed E-state index contributed by atoms with van der Waals surface area (Å²) < 4.78 is 5.54. The first-order valence-corrected chi connectivity index (χ1v) is 10.7. The lowest BCUT2D eigenvalue weighted by molar-refractivity contribution is 0.0325. The van der Waals surface area contributed by atoms with Crippen LogP contribution in [0.5, 0.6) is 0 Å². The highest BCUT2D eigenvalue weighted by Gasteiger charge is 2.25. The Bertz CT molecular complexity index is 1100. The molecule has 2 atom stereocenters. The van der Waals surface area contributed by atoms with Gasteiger partial charge in [-0.25, -0.2) is 14.8 Å². The quantitative estimate of drug-likeness (QED) is 0.666. The number of thiophene rings is 1. The van der Waals surface area contributed by atoms with E-state index in [1.165, 1.54) is 16.2 Å². The summed E-state index contributed by atoms with van der Waals surface area (Å²) in [6.45, 7) is 7.60. The number of aromatic amines is 1. The van der Waals surface area contributed by atoms with Gasteiger partial charge in [0.05, 0.1) is 16.1 Å². The molecule has 0 saturated carbocycles. The predicted molar refractivity (Wildman–Crippen MR) is 107 cm³/mol. The molecule has 1 aliphatic carbocycles. The summed E-state index contributed by atoms with van der Waals surface area (Å²) in [4.78, 5) is 39.3. The molecule has 0 spiro atoms. The van der Waals surface area contributed by atoms with Crippen LogP contribution in [0, 0.1) is 19.8 Å². The Morgan fingerprint density at radius 2 is 2.07 bits per heavy atom. The number of nitrogens with zero attached hydrogens (tertiary/aromatic N) is 2. The summed E-state index contributed by atoms with van der Waals surface area (Å²) in [6, 6.07) is 0. The van der Waals surface area contributed by atoms with Gasteiger partial charge in [0, 0.05) is 4.88 Å². The highest BCUT2D eigenvalue weighted by atomic mass is 32.1. The molecule has 4 rings (SSSR count). The van der Waals surface area contributed by atoms with E-state index in [9.17, 15) is 9.59 Å². The number of ether oxygens (including phenoxy) is 1. The first-order valence-electron chi connectivity index (χ1n) is 9.03. The van der Waals surface area contributed by atoms with Crippen LogP contribution in [0.3, 0.4) is 0 Å². The second kappa shape index (κ2) is 6.83. The minimum absolute atomic E-state index is 0.144. The molecule has 27 heavy (non-hydrogen) atoms. The molecule has 1 aliphatic rings. The second-order valence-electron chi connectivity index (χ2n) is 7.18. The molecule has 8 heteroatoms. The maximum absolute atomic E-state index is 12.7. The summed E-state index contributed by atoms with van der Waals surface area (Å²) >= 11 is 2.90. The van der Waals surface area contributed by atoms with Crippen molar-refractivity contribution in [2.45, 2.75) is 53.1 Å². The van der Waals surface area contributed by atoms with Crippen LogP contribution < -0.4 is 5.56 Å². The fraction of sp³-hybridized carbons (Fsp3) is 0.474. The Kier molecular flexibility index (Phi) is 4.63. The zero-order valence-electron chi connectivity index (χ0n) is 15.7. The van der Waals surface area contributed by atoms with Crippen molar-refractivity contribution in [1.29, 1.82) is 0 Å². The molecule has 0 saturated heterocycles. The lowest BCUT2D eigenvalue weighted by atomic mass is 9.89. The van der Waals surface area contributed by atoms with E-state index in [4.69, 9.17) is 4.74 Å². The van der Waals surface area contributed by atoms with Gasteiger partial charge in [0.1, 0.15) is 9.71 Å². The molecular weight excluding hydrogens is 382 g/mol. The number of esters is 1. The van der Waals surface area contributed by atoms with Crippen molar-refractivity contribution >= 4 is 38.9 Å². The summed E-state index contributed by atoms with van der Waals surface area (Å²) in [5, 5.41) is 1.52. The van der Waals surface area contributed by atoms with Crippen LogP contribution in [0.4, 0.5) is 0 Å². The zero-order chi connectivity index (χ0) is 19.3. The van der Waals surface area contributed by atoms with Gasteiger partial charge in [-0.1, -0.05) is 6.92 Å². The van der Waals surface area contributed by atoms with E-state index in [0.717, 1.165) is 34.7 Å². The minimum atomic E-state index is -0.644. The van der Waals surface area contributed by atoms with Crippen molar-refractivity contribution < 1.29 is 9.53 Å². The molecule has 0 amide bonds. The summed E-state index contributed by atoms with van der Waals surface area (Å²) in [5.41, 5.74) is 1.66. The lowest BCUT2D eigenvalue weighted by Crippen LogP contribution is -2.18. The molecule has 142 valence electrons. The number of thiazole rings is 1. The third-order valence-corrected chi connectivity index (χ3v) is 7.14. The topological polar surface area (TPSA) is 84.9 Å². The van der Waals surface area contributed by atoms with E-state index in [1.807, 2.05) is 6.92 Å². The van der Waals surface area contributed by atoms with Gasteiger partial charge >= 0.3 is 5.97 Å². The van der Waals surface area contributed by atoms with E-state index in [0.29, 0.717) is 27.7 Å². The average Bonchev–Trinajstić information content (AvgIpc) is 3.13. The first-order chi connectivity index (χ1) is 12.8. The number of fused-ring (bicyclic) bond motifs is 3. The molecule has 0 fully saturated rings. The second-order valence-corrected chi connectivity index (χ2v) is 9.46. The van der Waals surface area contributed by atoms with E-state index < -0.39 is 12.1 Å². The Morgan fingerprint density at radius 3 is 2.78 bits per heavy atom. The van der Waals surface area contributed by atoms with Crippen LogP contribution in [-0.4, -0.2) is 20.9 Å². The fourth-order valence-corrected chi connectivity index (χ4v) is 5.74. The van der Waals surface area contributed by atoms with Crippen LogP contribution in [0.25, 0.3) is 10.2 Å². The number of aryl methyl sites for hydroxylation is 3. The molecule has 0 bridgehead atoms. The van der Waals surface area contributed by atoms with Crippen LogP contribution in [0.15, 0.2) is 4.79 Å². The standard InChI is InChI=1S/C19H21N3O3S2/c1-8-5-6-12-13(7-8)27-18-14(12)17(23)21-16(22-18)10(3)25-19(24)15-9(2)20-11(4)26-15/h8,10H,5-7H2,1-4H3,(H,21,22,23)/t8-,10-/m1/s1. The summed E-state index contributed by atoms with van der Waals surface area (Å²) in [6.07, 6.45) is 2.38. The van der Waals surface area contributed by atoms with Crippen molar-refractivity contribution in [1.82, 2.24) is 15.0 Å². The lowest BCUT2D eigenvalue weighted by Gasteiger charge is -2.17. The number of carbonyl (C=O) groups excluding carboxylic acids is 1. The molecule has 3 aromatic heterocycles. The van der Waals surface area contributed by atoms with Crippen LogP contribution >= 0.6 is 22.7 Å². The van der Waals surface area contributed by atoms with E-state index in [1.54, 1.807) is 25.2 Å². The zero-order valence-corrected chi connectivity index (χ0v) is 17.3. The monoisotopic (exact) mass is 403 g/mol. The Morgan fingerprint density at radius 1 is 1.30 bits per heavy atom. The average molecular weight is 404 g/mol. The highest BCUT2D eigenvalue weighted by molar-refractivity contribution is 7.18. The van der Waals surface area contributed by atoms with Gasteiger partial charge in [-0.3, -0.25) is 4.79 Å². The van der Waals surface area contributed by atoms with Gasteiger partial charge < -0.3 is 9.72 Å². The number of hydrogen-bond acceptors (Lipinski definition) is 7. The van der Waals surface area contributed by atoms with Crippen molar-refractivity contribution in [2.75, 3.05) is 0 Å². The first kappa shape index (κ1) is 18.3. The van der Waals surface area contributed by atoms with Crippen molar-refractivity contribution in [3.8, 4) is 0 Å². The molecule has 3 heterocycles. The van der Waals surface area contributed by atoms with Crippen LogP contribution in [-0.2, 0) is 17.6 Å². The molecule has 1 N–H and O–H groups in total. The van der Waals surface area contributed by atoms with E-state index >= 15 is 0 Å². The van der Waals surface area contributed by atoms with Crippen LogP contribution in [0.2, 0.25) is 0 Å². The van der Waals surface area contributed by atoms with Crippen molar-refractivity contribution in [3.63, 3.8) is 0 Å². The molecule has 0 unspecified atom stereocenters. The van der Waals surface area contributed by atoms with E-state index in [2.05, 4.69) is 21.9 Å². The molecule has 0 radical (unpaired) electrons. The summed E-state index contributed by atoms with van der Waals surface area (Å²) in [5.74, 6) is 0.578. The number of carbonyl (C=O) groups is 1. The third-order valence-electron chi connectivity index (χ3n) is 4.94. The summed E-state index contributed by atoms with van der Waals surface area (Å²) in [7, 11) is 0. The fourth-order valence-electron chi connectivity index (χ4n) is 3.55. The molecule has 3 aromatic rings. The molecule has 6 nitrogen and oxygen atoms in total. The Balaban J connectivity index is 1.64. The number of H-pyrrole nitrogens is 1. The van der Waals surface area contributed by atoms with Gasteiger partial charge in [-0.05, 0) is 51.5 Å². The van der Waals surface area contributed by atoms with E-state index in [-0.39, 0.29) is 5.56 Å². The third kappa shape index (κ3) is 3.32. The van der Waals surface area contributed by atoms with Gasteiger partial charge in [-0.15, -0.1) is 22.7 Å². The minimum Gasteiger partial charge on any atom is -0.450 e. The normalized spacial score (nSPS) is 17.7.